The maximum Gasteiger partial charge on any atom is 0.338 e. The number of hydrogen-bond acceptors (Lipinski definition) is 5. The number of nitrogens with one attached hydrogen (secondary N) is 3. The number of carbonyl (C=O) groups is 3. The van der Waals surface area contributed by atoms with Gasteiger partial charge in [-0.05, 0) is 50.6 Å². The summed E-state index contributed by atoms with van der Waals surface area (Å²) in [6.45, 7) is 5.56. The average Bonchev–Trinajstić information content (AvgIpc) is 2.72. The Morgan fingerprint density at radius 2 is 1.63 bits per heavy atom. The number of esters is 1. The summed E-state index contributed by atoms with van der Waals surface area (Å²) in [6, 6.07) is 13.3. The molecule has 0 heterocycles. The third-order valence-corrected chi connectivity index (χ3v) is 4.08. The second-order valence-corrected chi connectivity index (χ2v) is 6.92. The van der Waals surface area contributed by atoms with Gasteiger partial charge in [-0.3, -0.25) is 4.79 Å². The molecule has 1 atom stereocenters. The molecule has 0 unspecified atom stereocenters. The van der Waals surface area contributed by atoms with Crippen molar-refractivity contribution in [2.75, 3.05) is 12.4 Å². The van der Waals surface area contributed by atoms with Crippen LogP contribution in [0.3, 0.4) is 0 Å². The van der Waals surface area contributed by atoms with Crippen LogP contribution in [0, 0.1) is 0 Å². The number of rotatable bonds is 8. The van der Waals surface area contributed by atoms with E-state index < -0.39 is 18.0 Å². The van der Waals surface area contributed by atoms with Crippen LogP contribution in [0.25, 0.3) is 0 Å². The smallest absolute Gasteiger partial charge is 0.338 e. The highest BCUT2D eigenvalue weighted by Gasteiger charge is 2.20. The van der Waals surface area contributed by atoms with Gasteiger partial charge in [-0.2, -0.15) is 0 Å². The van der Waals surface area contributed by atoms with Crippen molar-refractivity contribution in [2.24, 2.45) is 0 Å². The highest BCUT2D eigenvalue weighted by Crippen LogP contribution is 2.23. The SMILES string of the molecule is COc1ccccc1NC(=O)[C@@H](C)OC(=O)c1ccc(CNC(=O)NC(C)C)cc1. The van der Waals surface area contributed by atoms with Crippen molar-refractivity contribution < 1.29 is 23.9 Å². The third kappa shape index (κ3) is 6.80. The van der Waals surface area contributed by atoms with Crippen LogP contribution < -0.4 is 20.7 Å². The number of anilines is 1. The lowest BCUT2D eigenvalue weighted by Crippen LogP contribution is -2.39. The first-order chi connectivity index (χ1) is 14.3. The zero-order valence-corrected chi connectivity index (χ0v) is 17.5. The van der Waals surface area contributed by atoms with Crippen molar-refractivity contribution in [3.8, 4) is 5.75 Å². The van der Waals surface area contributed by atoms with Crippen molar-refractivity contribution in [1.82, 2.24) is 10.6 Å². The largest absolute Gasteiger partial charge is 0.495 e. The molecule has 8 nitrogen and oxygen atoms in total. The van der Waals surface area contributed by atoms with E-state index in [2.05, 4.69) is 16.0 Å². The summed E-state index contributed by atoms with van der Waals surface area (Å²) in [7, 11) is 1.50. The maximum absolute atomic E-state index is 12.3. The lowest BCUT2D eigenvalue weighted by atomic mass is 10.1. The van der Waals surface area contributed by atoms with Crippen molar-refractivity contribution in [1.29, 1.82) is 0 Å². The van der Waals surface area contributed by atoms with E-state index in [1.165, 1.54) is 14.0 Å². The molecule has 0 aliphatic rings. The molecule has 30 heavy (non-hydrogen) atoms. The predicted octanol–water partition coefficient (Wildman–Crippen LogP) is 3.09. The van der Waals surface area contributed by atoms with Gasteiger partial charge in [-0.1, -0.05) is 24.3 Å². The van der Waals surface area contributed by atoms with E-state index in [9.17, 15) is 14.4 Å². The Hall–Kier alpha value is -3.55. The normalized spacial score (nSPS) is 11.4. The molecule has 3 N–H and O–H groups in total. The lowest BCUT2D eigenvalue weighted by molar-refractivity contribution is -0.123. The molecule has 0 saturated carbocycles. The number of hydrogen-bond donors (Lipinski definition) is 3. The molecule has 2 aromatic rings. The van der Waals surface area contributed by atoms with Crippen LogP contribution in [0.1, 0.15) is 36.7 Å². The van der Waals surface area contributed by atoms with Crippen LogP contribution in [0.4, 0.5) is 10.5 Å². The van der Waals surface area contributed by atoms with Gasteiger partial charge in [0.1, 0.15) is 5.75 Å². The Morgan fingerprint density at radius 3 is 2.27 bits per heavy atom. The summed E-state index contributed by atoms with van der Waals surface area (Å²) in [5.74, 6) is -0.574. The summed E-state index contributed by atoms with van der Waals surface area (Å²) in [4.78, 5) is 36.3. The number of para-hydroxylation sites is 2. The quantitative estimate of drug-likeness (QED) is 0.577. The first-order valence-electron chi connectivity index (χ1n) is 9.58. The molecular weight excluding hydrogens is 386 g/mol. The molecule has 2 rings (SSSR count). The van der Waals surface area contributed by atoms with E-state index in [0.717, 1.165) is 5.56 Å². The maximum atomic E-state index is 12.3. The molecule has 3 amide bonds. The minimum atomic E-state index is -0.997. The molecule has 0 saturated heterocycles. The zero-order chi connectivity index (χ0) is 22.1. The van der Waals surface area contributed by atoms with Crippen LogP contribution in [0.15, 0.2) is 48.5 Å². The molecule has 0 aromatic heterocycles. The molecule has 0 radical (unpaired) electrons. The van der Waals surface area contributed by atoms with Gasteiger partial charge in [0.05, 0.1) is 18.4 Å². The highest BCUT2D eigenvalue weighted by molar-refractivity contribution is 5.98. The Bertz CT molecular complexity index is 881. The van der Waals surface area contributed by atoms with E-state index in [-0.39, 0.29) is 12.1 Å². The first kappa shape index (κ1) is 22.7. The Kier molecular flexibility index (Phi) is 8.22. The lowest BCUT2D eigenvalue weighted by Gasteiger charge is -2.15. The molecule has 0 fully saturated rings. The Morgan fingerprint density at radius 1 is 0.967 bits per heavy atom. The van der Waals surface area contributed by atoms with Gasteiger partial charge >= 0.3 is 12.0 Å². The fraction of sp³-hybridized carbons (Fsp3) is 0.318. The Balaban J connectivity index is 1.88. The number of urea groups is 1. The van der Waals surface area contributed by atoms with Gasteiger partial charge in [0.15, 0.2) is 6.10 Å². The van der Waals surface area contributed by atoms with Gasteiger partial charge in [-0.15, -0.1) is 0 Å². The summed E-state index contributed by atoms with van der Waals surface area (Å²) < 4.78 is 10.4. The minimum absolute atomic E-state index is 0.0457. The van der Waals surface area contributed by atoms with Gasteiger partial charge < -0.3 is 25.4 Å². The highest BCUT2D eigenvalue weighted by atomic mass is 16.5. The number of ether oxygens (including phenoxy) is 2. The second-order valence-electron chi connectivity index (χ2n) is 6.92. The van der Waals surface area contributed by atoms with Crippen molar-refractivity contribution in [3.05, 3.63) is 59.7 Å². The number of benzene rings is 2. The molecule has 0 bridgehead atoms. The zero-order valence-electron chi connectivity index (χ0n) is 17.5. The predicted molar refractivity (Wildman–Crippen MR) is 113 cm³/mol. The van der Waals surface area contributed by atoms with E-state index >= 15 is 0 Å². The average molecular weight is 413 g/mol. The number of amides is 3. The molecule has 160 valence electrons. The van der Waals surface area contributed by atoms with E-state index in [4.69, 9.17) is 9.47 Å². The van der Waals surface area contributed by atoms with E-state index in [0.29, 0.717) is 23.5 Å². The molecule has 0 spiro atoms. The van der Waals surface area contributed by atoms with Crippen molar-refractivity contribution in [3.63, 3.8) is 0 Å². The van der Waals surface area contributed by atoms with E-state index in [1.807, 2.05) is 13.8 Å². The van der Waals surface area contributed by atoms with Gasteiger partial charge in [-0.25, -0.2) is 9.59 Å². The summed E-state index contributed by atoms with van der Waals surface area (Å²) >= 11 is 0. The first-order valence-corrected chi connectivity index (χ1v) is 9.58. The monoisotopic (exact) mass is 413 g/mol. The van der Waals surface area contributed by atoms with E-state index in [1.54, 1.807) is 48.5 Å². The standard InChI is InChI=1S/C22H27N3O5/c1-14(2)24-22(28)23-13-16-9-11-17(12-10-16)21(27)30-15(3)20(26)25-18-7-5-6-8-19(18)29-4/h5-12,14-15H,13H2,1-4H3,(H,25,26)(H2,23,24,28)/t15-/m1/s1. The van der Waals surface area contributed by atoms with Gasteiger partial charge in [0.2, 0.25) is 0 Å². The van der Waals surface area contributed by atoms with Crippen LogP contribution in [0.2, 0.25) is 0 Å². The van der Waals surface area contributed by atoms with Gasteiger partial charge in [0.25, 0.3) is 5.91 Å². The van der Waals surface area contributed by atoms with Crippen molar-refractivity contribution in [2.45, 2.75) is 39.5 Å². The second kappa shape index (κ2) is 10.8. The summed E-state index contributed by atoms with van der Waals surface area (Å²) in [5, 5.41) is 8.14. The minimum Gasteiger partial charge on any atom is -0.495 e. The molecule has 8 heteroatoms. The third-order valence-electron chi connectivity index (χ3n) is 4.08. The molecule has 2 aromatic carbocycles. The number of methoxy groups -OCH3 is 1. The van der Waals surface area contributed by atoms with Crippen LogP contribution in [-0.2, 0) is 16.1 Å². The van der Waals surface area contributed by atoms with Crippen LogP contribution in [-0.4, -0.2) is 37.2 Å². The topological polar surface area (TPSA) is 106 Å². The fourth-order valence-electron chi connectivity index (χ4n) is 2.52. The molecule has 0 aliphatic carbocycles. The molecular formula is C22H27N3O5. The number of carbonyl (C=O) groups excluding carboxylic acids is 3. The van der Waals surface area contributed by atoms with Crippen LogP contribution >= 0.6 is 0 Å². The fourth-order valence-corrected chi connectivity index (χ4v) is 2.52. The van der Waals surface area contributed by atoms with Crippen LogP contribution in [0.5, 0.6) is 5.75 Å². The van der Waals surface area contributed by atoms with Crippen molar-refractivity contribution >= 4 is 23.6 Å². The summed E-state index contributed by atoms with van der Waals surface area (Å²) in [5.41, 5.74) is 1.63. The molecule has 0 aliphatic heterocycles. The van der Waals surface area contributed by atoms with Gasteiger partial charge in [0, 0.05) is 12.6 Å². The summed E-state index contributed by atoms with van der Waals surface area (Å²) in [6.07, 6.45) is -0.997. The Labute approximate surface area is 175 Å².